The van der Waals surface area contributed by atoms with E-state index in [1.54, 1.807) is 48.5 Å². The second-order valence-corrected chi connectivity index (χ2v) is 13.7. The van der Waals surface area contributed by atoms with E-state index in [-0.39, 0.29) is 47.4 Å². The molecule has 2 aliphatic rings. The maximum absolute atomic E-state index is 16.6. The Bertz CT molecular complexity index is 1810. The van der Waals surface area contributed by atoms with Crippen molar-refractivity contribution in [1.29, 1.82) is 5.26 Å². The van der Waals surface area contributed by atoms with Crippen LogP contribution in [0.4, 0.5) is 36.0 Å². The Morgan fingerprint density at radius 1 is 1.00 bits per heavy atom. The van der Waals surface area contributed by atoms with E-state index >= 15 is 4.39 Å². The van der Waals surface area contributed by atoms with Crippen molar-refractivity contribution in [2.75, 3.05) is 28.7 Å². The summed E-state index contributed by atoms with van der Waals surface area (Å²) in [6.45, 7) is 12.4. The van der Waals surface area contributed by atoms with Crippen molar-refractivity contribution in [1.82, 2.24) is 9.97 Å². The molecule has 5 rings (SSSR count). The summed E-state index contributed by atoms with van der Waals surface area (Å²) in [6, 6.07) is 5.21. The van der Waals surface area contributed by atoms with E-state index < -0.39 is 41.4 Å². The topological polar surface area (TPSA) is 165 Å². The fourth-order valence-corrected chi connectivity index (χ4v) is 5.66. The van der Waals surface area contributed by atoms with Crippen LogP contribution >= 0.6 is 0 Å². The Morgan fingerprint density at radius 3 is 2.42 bits per heavy atom. The first-order valence-corrected chi connectivity index (χ1v) is 15.7. The maximum atomic E-state index is 16.6. The molecule has 2 aromatic heterocycles. The third kappa shape index (κ3) is 7.51. The van der Waals surface area contributed by atoms with Crippen molar-refractivity contribution >= 4 is 46.2 Å². The minimum absolute atomic E-state index is 0.0404. The summed E-state index contributed by atoms with van der Waals surface area (Å²) in [5, 5.41) is 15.1. The van der Waals surface area contributed by atoms with Crippen LogP contribution in [0.5, 0.6) is 5.88 Å². The molecular weight excluding hydrogens is 623 g/mol. The number of ether oxygens (including phenoxy) is 4. The second kappa shape index (κ2) is 13.1. The van der Waals surface area contributed by atoms with Crippen LogP contribution in [0, 0.1) is 30.0 Å². The number of nitrogens with zero attached hydrogens (tertiary/aromatic N) is 4. The van der Waals surface area contributed by atoms with Crippen molar-refractivity contribution in [3.05, 3.63) is 35.9 Å². The summed E-state index contributed by atoms with van der Waals surface area (Å²) >= 11 is 0. The van der Waals surface area contributed by atoms with Crippen molar-refractivity contribution in [3.8, 4) is 23.1 Å². The number of carbonyl (C=O) groups is 3. The highest BCUT2D eigenvalue weighted by atomic mass is 19.1. The van der Waals surface area contributed by atoms with Crippen LogP contribution < -0.4 is 20.3 Å². The van der Waals surface area contributed by atoms with Gasteiger partial charge in [0.05, 0.1) is 24.2 Å². The fourth-order valence-electron chi connectivity index (χ4n) is 5.66. The lowest BCUT2D eigenvalue weighted by molar-refractivity contribution is 0.0564. The van der Waals surface area contributed by atoms with Gasteiger partial charge >= 0.3 is 18.3 Å². The van der Waals surface area contributed by atoms with Gasteiger partial charge < -0.3 is 18.9 Å². The van der Waals surface area contributed by atoms with Gasteiger partial charge in [-0.25, -0.2) is 28.7 Å². The summed E-state index contributed by atoms with van der Waals surface area (Å²) in [7, 11) is 0. The lowest BCUT2D eigenvalue weighted by atomic mass is 9.96. The largest absolute Gasteiger partial charge is 0.474 e. The molecule has 2 atom stereocenters. The van der Waals surface area contributed by atoms with Crippen LogP contribution in [-0.4, -0.2) is 58.7 Å². The van der Waals surface area contributed by atoms with Crippen LogP contribution in [0.25, 0.3) is 21.9 Å². The predicted octanol–water partition coefficient (Wildman–Crippen LogP) is 7.47. The first-order valence-electron chi connectivity index (χ1n) is 15.7. The van der Waals surface area contributed by atoms with Gasteiger partial charge in [0.2, 0.25) is 5.88 Å². The molecule has 0 saturated heterocycles. The van der Waals surface area contributed by atoms with Crippen LogP contribution in [-0.2, 0) is 14.2 Å². The first kappa shape index (κ1) is 34.2. The monoisotopic (exact) mass is 662 g/mol. The number of benzene rings is 1. The van der Waals surface area contributed by atoms with Gasteiger partial charge in [-0.05, 0) is 90.8 Å². The number of nitrogens with one attached hydrogen (secondary N) is 2. The highest BCUT2D eigenvalue weighted by Gasteiger charge is 2.33. The number of carbonyl (C=O) groups excluding carboxylic acids is 3. The van der Waals surface area contributed by atoms with E-state index in [9.17, 15) is 19.6 Å². The molecule has 0 unspecified atom stereocenters. The predicted molar refractivity (Wildman–Crippen MR) is 175 cm³/mol. The van der Waals surface area contributed by atoms with E-state index in [0.717, 1.165) is 6.42 Å². The van der Waals surface area contributed by atoms with E-state index in [1.165, 1.54) is 29.4 Å². The van der Waals surface area contributed by atoms with Crippen LogP contribution in [0.15, 0.2) is 24.5 Å². The molecule has 1 fully saturated rings. The highest BCUT2D eigenvalue weighted by Crippen LogP contribution is 2.42. The van der Waals surface area contributed by atoms with Crippen LogP contribution in [0.3, 0.4) is 0 Å². The van der Waals surface area contributed by atoms with Gasteiger partial charge in [0.15, 0.2) is 5.82 Å². The molecule has 1 aromatic carbocycles. The average Bonchev–Trinajstić information content (AvgIpc) is 3.43. The minimum Gasteiger partial charge on any atom is -0.474 e. The number of nitriles is 1. The molecule has 0 radical (unpaired) electrons. The van der Waals surface area contributed by atoms with Gasteiger partial charge in [0, 0.05) is 28.9 Å². The summed E-state index contributed by atoms with van der Waals surface area (Å²) in [6.07, 6.45) is 1.97. The van der Waals surface area contributed by atoms with Crippen LogP contribution in [0.2, 0.25) is 0 Å². The normalized spacial score (nSPS) is 17.5. The van der Waals surface area contributed by atoms with Gasteiger partial charge in [0.1, 0.15) is 35.4 Å². The molecule has 1 aliphatic heterocycles. The number of rotatable bonds is 4. The van der Waals surface area contributed by atoms with Crippen LogP contribution in [0.1, 0.15) is 66.4 Å². The summed E-state index contributed by atoms with van der Waals surface area (Å²) in [5.41, 5.74) is -0.672. The zero-order valence-electron chi connectivity index (χ0n) is 28.0. The zero-order chi connectivity index (χ0) is 35.0. The van der Waals surface area contributed by atoms with E-state index in [4.69, 9.17) is 18.9 Å². The Kier molecular flexibility index (Phi) is 9.35. The maximum Gasteiger partial charge on any atom is 0.415 e. The molecule has 254 valence electrons. The lowest BCUT2D eigenvalue weighted by Crippen LogP contribution is -2.42. The Morgan fingerprint density at radius 2 is 1.73 bits per heavy atom. The fraction of sp³-hybridized carbons (Fsp3) is 0.471. The minimum atomic E-state index is -0.890. The number of pyridine rings is 2. The SMILES string of the molecule is Cc1c(-c2cc3cc(NC(=O)O[C@@H]4CCC[C@H]4C#N)ncc3c(NC(=O)OC(C)(C)C)c2F)cnc2c1N(C(=O)OC(C)(C)C)CCO2. The molecule has 3 amide bonds. The smallest absolute Gasteiger partial charge is 0.415 e. The molecular formula is C34H39FN6O7. The van der Waals surface area contributed by atoms with Gasteiger partial charge in [0.25, 0.3) is 0 Å². The third-order valence-electron chi connectivity index (χ3n) is 7.69. The van der Waals surface area contributed by atoms with Gasteiger partial charge in [-0.1, -0.05) is 0 Å². The third-order valence-corrected chi connectivity index (χ3v) is 7.69. The number of halogens is 1. The molecule has 1 aliphatic carbocycles. The number of hydrogen-bond acceptors (Lipinski definition) is 10. The Balaban J connectivity index is 1.58. The summed E-state index contributed by atoms with van der Waals surface area (Å²) in [5.74, 6) is -0.886. The van der Waals surface area contributed by atoms with Gasteiger partial charge in [-0.3, -0.25) is 15.5 Å². The molecule has 3 heterocycles. The van der Waals surface area contributed by atoms with Crippen molar-refractivity contribution in [2.24, 2.45) is 5.92 Å². The number of anilines is 3. The summed E-state index contributed by atoms with van der Waals surface area (Å²) in [4.78, 5) is 48.9. The molecule has 13 nitrogen and oxygen atoms in total. The number of fused-ring (bicyclic) bond motifs is 2. The lowest BCUT2D eigenvalue weighted by Gasteiger charge is -2.32. The van der Waals surface area contributed by atoms with E-state index in [2.05, 4.69) is 26.7 Å². The van der Waals surface area contributed by atoms with E-state index in [0.29, 0.717) is 35.0 Å². The quantitative estimate of drug-likeness (QED) is 0.268. The zero-order valence-corrected chi connectivity index (χ0v) is 28.0. The molecule has 1 saturated carbocycles. The van der Waals surface area contributed by atoms with Crippen molar-refractivity contribution in [3.63, 3.8) is 0 Å². The molecule has 2 N–H and O–H groups in total. The molecule has 3 aromatic rings. The Labute approximate surface area is 277 Å². The molecule has 0 spiro atoms. The standard InChI is InChI=1S/C34H39FN6O7/c1-18-22(16-38-29-28(18)41(11-12-45-29)32(44)48-34(5,6)7)21-13-20-14-25(39-30(42)46-24-10-8-9-19(24)15-36)37-17-23(20)27(26(21)35)40-31(43)47-33(2,3)4/h13-14,16-17,19,24H,8-12H2,1-7H3,(H,40,43)(H,37,39,42)/t19-,24+/m0/s1. The average molecular weight is 663 g/mol. The van der Waals surface area contributed by atoms with E-state index in [1.807, 2.05) is 0 Å². The Hall–Kier alpha value is -5.19. The number of amides is 3. The second-order valence-electron chi connectivity index (χ2n) is 13.7. The number of aromatic nitrogens is 2. The number of hydrogen-bond donors (Lipinski definition) is 2. The highest BCUT2D eigenvalue weighted by molar-refractivity contribution is 6.05. The van der Waals surface area contributed by atoms with Crippen molar-refractivity contribution in [2.45, 2.75) is 85.0 Å². The molecule has 0 bridgehead atoms. The first-order chi connectivity index (χ1) is 22.5. The van der Waals surface area contributed by atoms with Gasteiger partial charge in [-0.15, -0.1) is 0 Å². The molecule has 14 heteroatoms. The molecule has 48 heavy (non-hydrogen) atoms. The summed E-state index contributed by atoms with van der Waals surface area (Å²) < 4.78 is 38.8. The van der Waals surface area contributed by atoms with Gasteiger partial charge in [-0.2, -0.15) is 5.26 Å². The van der Waals surface area contributed by atoms with Crippen molar-refractivity contribution < 1.29 is 37.7 Å².